The number of amides is 1. The van der Waals surface area contributed by atoms with Crippen molar-refractivity contribution >= 4 is 21.6 Å². The summed E-state index contributed by atoms with van der Waals surface area (Å²) in [6.45, 7) is 6.04. The van der Waals surface area contributed by atoms with Gasteiger partial charge in [-0.05, 0) is 56.4 Å². The molecule has 1 fully saturated rings. The lowest BCUT2D eigenvalue weighted by molar-refractivity contribution is -0.122. The van der Waals surface area contributed by atoms with Crippen molar-refractivity contribution in [3.8, 4) is 0 Å². The monoisotopic (exact) mass is 443 g/mol. The van der Waals surface area contributed by atoms with E-state index in [2.05, 4.69) is 22.3 Å². The van der Waals surface area contributed by atoms with Crippen LogP contribution in [-0.4, -0.2) is 44.5 Å². The topological polar surface area (TPSA) is 69.7 Å². The van der Waals surface area contributed by atoms with Crippen LogP contribution in [-0.2, 0) is 21.4 Å². The number of carbonyl (C=O) groups excluding carboxylic acids is 1. The predicted molar refractivity (Wildman–Crippen MR) is 125 cm³/mol. The third-order valence-electron chi connectivity index (χ3n) is 5.76. The second-order valence-corrected chi connectivity index (χ2v) is 10.4. The summed E-state index contributed by atoms with van der Waals surface area (Å²) >= 11 is 0. The molecule has 1 saturated heterocycles. The number of nitrogens with one attached hydrogen (secondary N) is 1. The largest absolute Gasteiger partial charge is 0.372 e. The first-order chi connectivity index (χ1) is 14.7. The van der Waals surface area contributed by atoms with Crippen LogP contribution in [0.25, 0.3) is 0 Å². The number of hydrogen-bond donors (Lipinski definition) is 1. The van der Waals surface area contributed by atoms with Crippen molar-refractivity contribution < 1.29 is 13.2 Å². The van der Waals surface area contributed by atoms with Gasteiger partial charge in [-0.2, -0.15) is 4.31 Å². The molecule has 1 amide bonds. The van der Waals surface area contributed by atoms with Crippen LogP contribution in [0.5, 0.6) is 0 Å². The Hall–Kier alpha value is -2.38. The van der Waals surface area contributed by atoms with E-state index in [0.29, 0.717) is 0 Å². The van der Waals surface area contributed by atoms with Gasteiger partial charge in [0.2, 0.25) is 15.9 Å². The van der Waals surface area contributed by atoms with E-state index in [0.717, 1.165) is 36.0 Å². The molecule has 6 nitrogen and oxygen atoms in total. The maximum absolute atomic E-state index is 12.6. The molecule has 0 unspecified atom stereocenters. The lowest BCUT2D eigenvalue weighted by Gasteiger charge is -2.29. The summed E-state index contributed by atoms with van der Waals surface area (Å²) < 4.78 is 25.7. The van der Waals surface area contributed by atoms with Crippen LogP contribution in [0.4, 0.5) is 5.69 Å². The summed E-state index contributed by atoms with van der Waals surface area (Å²) in [5.41, 5.74) is 4.17. The Balaban J connectivity index is 1.60. The van der Waals surface area contributed by atoms with Crippen LogP contribution in [0.1, 0.15) is 48.9 Å². The predicted octanol–water partition coefficient (Wildman–Crippen LogP) is 3.62. The number of piperidine rings is 1. The highest BCUT2D eigenvalue weighted by Crippen LogP contribution is 2.22. The Morgan fingerprint density at radius 3 is 2.23 bits per heavy atom. The molecule has 1 aliphatic heterocycles. The molecule has 31 heavy (non-hydrogen) atoms. The average Bonchev–Trinajstić information content (AvgIpc) is 2.75. The fraction of sp³-hybridized carbons (Fsp3) is 0.458. The van der Waals surface area contributed by atoms with Gasteiger partial charge in [0, 0.05) is 25.3 Å². The maximum Gasteiger partial charge on any atom is 0.235 e. The number of anilines is 1. The lowest BCUT2D eigenvalue weighted by Crippen LogP contribution is -2.40. The van der Waals surface area contributed by atoms with Crippen LogP contribution in [0.3, 0.4) is 0 Å². The van der Waals surface area contributed by atoms with Gasteiger partial charge in [0.25, 0.3) is 0 Å². The van der Waals surface area contributed by atoms with E-state index in [9.17, 15) is 13.2 Å². The Labute approximate surface area is 186 Å². The number of aryl methyl sites for hydroxylation is 1. The summed E-state index contributed by atoms with van der Waals surface area (Å²) in [7, 11) is -3.52. The molecule has 0 aliphatic carbocycles. The van der Waals surface area contributed by atoms with Crippen molar-refractivity contribution in [1.82, 2.24) is 9.62 Å². The van der Waals surface area contributed by atoms with Gasteiger partial charge in [0.05, 0.1) is 18.8 Å². The third-order valence-corrected chi connectivity index (χ3v) is 6.96. The second kappa shape index (κ2) is 10.3. The summed E-state index contributed by atoms with van der Waals surface area (Å²) in [5.74, 6) is -0.315. The quantitative estimate of drug-likeness (QED) is 0.677. The molecule has 168 valence electrons. The number of benzene rings is 2. The Morgan fingerprint density at radius 1 is 1.03 bits per heavy atom. The number of hydrogen-bond acceptors (Lipinski definition) is 4. The molecule has 1 heterocycles. The van der Waals surface area contributed by atoms with Crippen LogP contribution < -0.4 is 10.2 Å². The number of sulfonamides is 1. The van der Waals surface area contributed by atoms with Gasteiger partial charge in [-0.3, -0.25) is 4.79 Å². The van der Waals surface area contributed by atoms with Crippen molar-refractivity contribution in [2.45, 2.75) is 45.7 Å². The van der Waals surface area contributed by atoms with Crippen LogP contribution in [0.15, 0.2) is 48.5 Å². The van der Waals surface area contributed by atoms with Crippen molar-refractivity contribution in [2.75, 3.05) is 30.8 Å². The van der Waals surface area contributed by atoms with E-state index in [1.165, 1.54) is 29.3 Å². The molecule has 0 bridgehead atoms. The zero-order chi connectivity index (χ0) is 22.4. The highest BCUT2D eigenvalue weighted by Gasteiger charge is 2.22. The normalized spacial score (nSPS) is 15.7. The highest BCUT2D eigenvalue weighted by molar-refractivity contribution is 7.88. The zero-order valence-electron chi connectivity index (χ0n) is 18.7. The van der Waals surface area contributed by atoms with Crippen molar-refractivity contribution in [3.05, 3.63) is 65.2 Å². The second-order valence-electron chi connectivity index (χ2n) is 8.45. The molecule has 0 saturated carbocycles. The molecular formula is C24H33N3O3S. The molecule has 1 N–H and O–H groups in total. The van der Waals surface area contributed by atoms with Gasteiger partial charge >= 0.3 is 0 Å². The fourth-order valence-corrected chi connectivity index (χ4v) is 4.58. The number of carbonyl (C=O) groups is 1. The van der Waals surface area contributed by atoms with E-state index in [1.807, 2.05) is 50.2 Å². The van der Waals surface area contributed by atoms with Crippen molar-refractivity contribution in [2.24, 2.45) is 0 Å². The standard InChI is InChI=1S/C24H33N3O3S/c1-19-7-9-21(10-8-19)17-27(31(3,29)30)18-24(28)25-20(2)22-11-13-23(14-12-22)26-15-5-4-6-16-26/h7-14,20H,4-6,15-18H2,1-3H3,(H,25,28)/t20-/m0/s1. The Bertz CT molecular complexity index is 966. The van der Waals surface area contributed by atoms with Crippen LogP contribution >= 0.6 is 0 Å². The zero-order valence-corrected chi connectivity index (χ0v) is 19.5. The van der Waals surface area contributed by atoms with E-state index >= 15 is 0 Å². The summed E-state index contributed by atoms with van der Waals surface area (Å²) in [6, 6.07) is 15.7. The summed E-state index contributed by atoms with van der Waals surface area (Å²) in [6.07, 6.45) is 4.89. The van der Waals surface area contributed by atoms with E-state index in [1.54, 1.807) is 0 Å². The summed E-state index contributed by atoms with van der Waals surface area (Å²) in [4.78, 5) is 15.0. The number of rotatable bonds is 8. The molecule has 0 radical (unpaired) electrons. The van der Waals surface area contributed by atoms with Gasteiger partial charge in [-0.15, -0.1) is 0 Å². The molecule has 0 aromatic heterocycles. The first kappa shape index (κ1) is 23.3. The fourth-order valence-electron chi connectivity index (χ4n) is 3.84. The van der Waals surface area contributed by atoms with Crippen molar-refractivity contribution in [1.29, 1.82) is 0 Å². The smallest absolute Gasteiger partial charge is 0.235 e. The average molecular weight is 444 g/mol. The van der Waals surface area contributed by atoms with E-state index in [4.69, 9.17) is 0 Å². The summed E-state index contributed by atoms with van der Waals surface area (Å²) in [5, 5.41) is 2.93. The van der Waals surface area contributed by atoms with Gasteiger partial charge in [-0.25, -0.2) is 8.42 Å². The molecule has 1 aliphatic rings. The Morgan fingerprint density at radius 2 is 1.65 bits per heavy atom. The van der Waals surface area contributed by atoms with Crippen molar-refractivity contribution in [3.63, 3.8) is 0 Å². The minimum absolute atomic E-state index is 0.172. The molecule has 2 aromatic rings. The highest BCUT2D eigenvalue weighted by atomic mass is 32.2. The Kier molecular flexibility index (Phi) is 7.73. The third kappa shape index (κ3) is 6.80. The molecule has 3 rings (SSSR count). The minimum atomic E-state index is -3.52. The maximum atomic E-state index is 12.6. The molecular weight excluding hydrogens is 410 g/mol. The van der Waals surface area contributed by atoms with Gasteiger partial charge in [0.1, 0.15) is 0 Å². The van der Waals surface area contributed by atoms with Gasteiger partial charge in [-0.1, -0.05) is 42.0 Å². The molecule has 2 aromatic carbocycles. The first-order valence-electron chi connectivity index (χ1n) is 10.9. The minimum Gasteiger partial charge on any atom is -0.372 e. The van der Waals surface area contributed by atoms with E-state index in [-0.39, 0.29) is 25.0 Å². The van der Waals surface area contributed by atoms with E-state index < -0.39 is 10.0 Å². The van der Waals surface area contributed by atoms with Crippen LogP contribution in [0.2, 0.25) is 0 Å². The van der Waals surface area contributed by atoms with Crippen LogP contribution in [0, 0.1) is 6.92 Å². The SMILES string of the molecule is Cc1ccc(CN(CC(=O)N[C@@H](C)c2ccc(N3CCCCC3)cc2)S(C)(=O)=O)cc1. The van der Waals surface area contributed by atoms with Gasteiger partial charge < -0.3 is 10.2 Å². The van der Waals surface area contributed by atoms with Gasteiger partial charge in [0.15, 0.2) is 0 Å². The number of nitrogens with zero attached hydrogens (tertiary/aromatic N) is 2. The molecule has 1 atom stereocenters. The first-order valence-corrected chi connectivity index (χ1v) is 12.7. The lowest BCUT2D eigenvalue weighted by atomic mass is 10.1. The molecule has 0 spiro atoms. The molecule has 7 heteroatoms.